The van der Waals surface area contributed by atoms with Crippen LogP contribution in [0.5, 0.6) is 0 Å². The van der Waals surface area contributed by atoms with Gasteiger partial charge in [0, 0.05) is 0 Å². The van der Waals surface area contributed by atoms with Crippen LogP contribution in [0.2, 0.25) is 0 Å². The Hall–Kier alpha value is 1.18. The van der Waals surface area contributed by atoms with Crippen LogP contribution in [-0.2, 0) is 13.6 Å². The summed E-state index contributed by atoms with van der Waals surface area (Å²) in [6.07, 6.45) is 1.79. The van der Waals surface area contributed by atoms with E-state index in [1.54, 1.807) is 0 Å². The fourth-order valence-electron chi connectivity index (χ4n) is 0.569. The Labute approximate surface area is 107 Å². The van der Waals surface area contributed by atoms with E-state index in [1.165, 1.54) is 0 Å². The molecule has 3 nitrogen and oxygen atoms in total. The maximum atomic E-state index is 5.55. The van der Waals surface area contributed by atoms with Gasteiger partial charge < -0.3 is 13.6 Å². The molecule has 0 aromatic rings. The lowest BCUT2D eigenvalue weighted by Crippen LogP contribution is -2.12. The lowest BCUT2D eigenvalue weighted by molar-refractivity contribution is 0.162. The van der Waals surface area contributed by atoms with Crippen molar-refractivity contribution in [3.05, 3.63) is 0 Å². The van der Waals surface area contributed by atoms with Crippen molar-refractivity contribution < 1.29 is 13.6 Å². The van der Waals surface area contributed by atoms with Gasteiger partial charge in [0.05, 0.1) is 13.2 Å². The van der Waals surface area contributed by atoms with Gasteiger partial charge >= 0.3 is 8.60 Å². The molecular formula is C8H16Cl3O3P. The normalized spacial score (nSPS) is 12.4. The fourth-order valence-corrected chi connectivity index (χ4v) is 2.15. The van der Waals surface area contributed by atoms with Gasteiger partial charge in [0.15, 0.2) is 0 Å². The van der Waals surface area contributed by atoms with Gasteiger partial charge in [0.2, 0.25) is 3.79 Å². The zero-order valence-corrected chi connectivity index (χ0v) is 12.0. The predicted molar refractivity (Wildman–Crippen MR) is 65.6 cm³/mol. The average molecular weight is 298 g/mol. The van der Waals surface area contributed by atoms with Crippen LogP contribution < -0.4 is 0 Å². The van der Waals surface area contributed by atoms with E-state index in [1.807, 2.05) is 13.8 Å². The van der Waals surface area contributed by atoms with Gasteiger partial charge in [-0.3, -0.25) is 0 Å². The minimum absolute atomic E-state index is 0.0310. The second-order valence-corrected chi connectivity index (χ2v) is 6.52. The van der Waals surface area contributed by atoms with Crippen molar-refractivity contribution in [1.29, 1.82) is 0 Å². The second kappa shape index (κ2) is 9.23. The number of hydrogen-bond acceptors (Lipinski definition) is 3. The zero-order chi connectivity index (χ0) is 11.7. The maximum absolute atomic E-state index is 5.55. The molecule has 0 fully saturated rings. The Kier molecular flexibility index (Phi) is 9.96. The summed E-state index contributed by atoms with van der Waals surface area (Å²) in [6.45, 7) is 5.13. The summed E-state index contributed by atoms with van der Waals surface area (Å²) < 4.78 is 14.5. The first-order valence-corrected chi connectivity index (χ1v) is 6.98. The molecule has 0 rings (SSSR count). The number of hydrogen-bond donors (Lipinski definition) is 0. The molecule has 0 N–H and O–H groups in total. The van der Waals surface area contributed by atoms with Crippen molar-refractivity contribution in [3.8, 4) is 0 Å². The summed E-state index contributed by atoms with van der Waals surface area (Å²) >= 11 is 16.7. The smallest absolute Gasteiger partial charge is 0.312 e. The molecule has 0 spiro atoms. The predicted octanol–water partition coefficient (Wildman–Crippen LogP) is 4.45. The van der Waals surface area contributed by atoms with E-state index in [4.69, 9.17) is 48.4 Å². The topological polar surface area (TPSA) is 27.7 Å². The molecule has 0 atom stereocenters. The lowest BCUT2D eigenvalue weighted by Gasteiger charge is -2.18. The van der Waals surface area contributed by atoms with Crippen LogP contribution in [-0.4, -0.2) is 23.6 Å². The van der Waals surface area contributed by atoms with Gasteiger partial charge in [-0.1, -0.05) is 48.7 Å². The van der Waals surface area contributed by atoms with Gasteiger partial charge in [-0.2, -0.15) is 0 Å². The van der Waals surface area contributed by atoms with Crippen molar-refractivity contribution in [1.82, 2.24) is 0 Å². The lowest BCUT2D eigenvalue weighted by atomic mass is 10.5. The molecule has 0 aromatic heterocycles. The van der Waals surface area contributed by atoms with Gasteiger partial charge in [-0.05, 0) is 12.8 Å². The summed E-state index contributed by atoms with van der Waals surface area (Å²) in [6, 6.07) is 0. The molecule has 0 amide bonds. The van der Waals surface area contributed by atoms with Crippen LogP contribution in [0, 0.1) is 0 Å². The molecule has 7 heteroatoms. The first-order chi connectivity index (χ1) is 6.99. The summed E-state index contributed by atoms with van der Waals surface area (Å²) in [5.41, 5.74) is 0. The number of rotatable bonds is 8. The molecule has 0 bridgehead atoms. The van der Waals surface area contributed by atoms with Crippen LogP contribution in [0.3, 0.4) is 0 Å². The van der Waals surface area contributed by atoms with Crippen molar-refractivity contribution >= 4 is 43.4 Å². The molecule has 92 valence electrons. The van der Waals surface area contributed by atoms with Crippen molar-refractivity contribution in [3.63, 3.8) is 0 Å². The minimum Gasteiger partial charge on any atom is -0.312 e. The molecule has 0 radical (unpaired) electrons. The number of halogens is 3. The Bertz CT molecular complexity index is 147. The SMILES string of the molecule is CCCOP(OCCC)OCC(Cl)(Cl)Cl. The molecule has 0 aromatic carbocycles. The van der Waals surface area contributed by atoms with E-state index >= 15 is 0 Å². The third-order valence-electron chi connectivity index (χ3n) is 1.14. The first kappa shape index (κ1) is 16.2. The van der Waals surface area contributed by atoms with E-state index in [2.05, 4.69) is 0 Å². The Morgan fingerprint density at radius 2 is 1.40 bits per heavy atom. The highest BCUT2D eigenvalue weighted by Gasteiger charge is 2.24. The van der Waals surface area contributed by atoms with Gasteiger partial charge in [-0.25, -0.2) is 0 Å². The molecule has 0 heterocycles. The molecular weight excluding hydrogens is 281 g/mol. The summed E-state index contributed by atoms with van der Waals surface area (Å²) in [5, 5.41) is 0. The molecule has 0 saturated carbocycles. The van der Waals surface area contributed by atoms with Crippen LogP contribution in [0.4, 0.5) is 0 Å². The summed E-state index contributed by atoms with van der Waals surface area (Å²) in [5.74, 6) is 0. The highest BCUT2D eigenvalue weighted by molar-refractivity contribution is 7.41. The van der Waals surface area contributed by atoms with Crippen LogP contribution in [0.1, 0.15) is 26.7 Å². The Morgan fingerprint density at radius 1 is 0.933 bits per heavy atom. The monoisotopic (exact) mass is 296 g/mol. The van der Waals surface area contributed by atoms with Gasteiger partial charge in [0.25, 0.3) is 0 Å². The van der Waals surface area contributed by atoms with E-state index in [9.17, 15) is 0 Å². The molecule has 15 heavy (non-hydrogen) atoms. The van der Waals surface area contributed by atoms with Crippen LogP contribution in [0.15, 0.2) is 0 Å². The van der Waals surface area contributed by atoms with Crippen LogP contribution >= 0.6 is 43.4 Å². The largest absolute Gasteiger partial charge is 0.332 e. The quantitative estimate of drug-likeness (QED) is 0.489. The average Bonchev–Trinajstić information content (AvgIpc) is 2.15. The Morgan fingerprint density at radius 3 is 1.73 bits per heavy atom. The molecule has 0 aliphatic heterocycles. The van der Waals surface area contributed by atoms with Gasteiger partial charge in [0.1, 0.15) is 6.61 Å². The van der Waals surface area contributed by atoms with E-state index < -0.39 is 12.4 Å². The molecule has 0 aliphatic rings. The third-order valence-corrected chi connectivity index (χ3v) is 2.59. The Balaban J connectivity index is 3.78. The fraction of sp³-hybridized carbons (Fsp3) is 1.00. The van der Waals surface area contributed by atoms with E-state index in [0.29, 0.717) is 13.2 Å². The van der Waals surface area contributed by atoms with Crippen molar-refractivity contribution in [2.45, 2.75) is 30.5 Å². The number of alkyl halides is 3. The van der Waals surface area contributed by atoms with E-state index in [0.717, 1.165) is 12.8 Å². The van der Waals surface area contributed by atoms with Gasteiger partial charge in [-0.15, -0.1) is 0 Å². The maximum Gasteiger partial charge on any atom is 0.332 e. The summed E-state index contributed by atoms with van der Waals surface area (Å²) in [4.78, 5) is 0. The van der Waals surface area contributed by atoms with Crippen molar-refractivity contribution in [2.24, 2.45) is 0 Å². The minimum atomic E-state index is -1.42. The molecule has 0 aliphatic carbocycles. The standard InChI is InChI=1S/C8H16Cl3O3P/c1-3-5-12-15(13-6-4-2)14-7-8(9,10)11/h3-7H2,1-2H3. The zero-order valence-electron chi connectivity index (χ0n) is 8.84. The van der Waals surface area contributed by atoms with E-state index in [-0.39, 0.29) is 6.61 Å². The molecule has 0 unspecified atom stereocenters. The highest BCUT2D eigenvalue weighted by atomic mass is 35.6. The third kappa shape index (κ3) is 11.4. The van der Waals surface area contributed by atoms with Crippen molar-refractivity contribution in [2.75, 3.05) is 19.8 Å². The first-order valence-electron chi connectivity index (χ1n) is 4.75. The van der Waals surface area contributed by atoms with Crippen LogP contribution in [0.25, 0.3) is 0 Å². The molecule has 0 saturated heterocycles. The second-order valence-electron chi connectivity index (χ2n) is 2.78. The summed E-state index contributed by atoms with van der Waals surface area (Å²) in [7, 11) is -1.39. The highest BCUT2D eigenvalue weighted by Crippen LogP contribution is 2.42.